The van der Waals surface area contributed by atoms with Crippen LogP contribution in [0.2, 0.25) is 0 Å². The first-order valence-electron chi connectivity index (χ1n) is 16.1. The van der Waals surface area contributed by atoms with Gasteiger partial charge in [0.05, 0.1) is 0 Å². The van der Waals surface area contributed by atoms with E-state index in [2.05, 4.69) is 62.3 Å². The van der Waals surface area contributed by atoms with E-state index < -0.39 is 0 Å². The average Bonchev–Trinajstić information content (AvgIpc) is 2.81. The first-order valence-corrected chi connectivity index (χ1v) is 16.1. The van der Waals surface area contributed by atoms with Gasteiger partial charge < -0.3 is 0 Å². The molecular formula is C34H62. The quantitative estimate of drug-likeness (QED) is 0.331. The van der Waals surface area contributed by atoms with Crippen LogP contribution in [0.1, 0.15) is 146 Å². The second kappa shape index (κ2) is 10.0. The zero-order valence-corrected chi connectivity index (χ0v) is 24.9. The van der Waals surface area contributed by atoms with E-state index in [1.807, 2.05) is 0 Å². The van der Waals surface area contributed by atoms with Crippen LogP contribution in [0.3, 0.4) is 0 Å². The molecule has 0 spiro atoms. The standard InChI is InChI=1S/C34H62/c1-10-13-15-27-19-20-32(8)26(7)30(12-3)33(32,9)34(25(6)11-2,21-18-23(27)4)31-24(5)22-29(31)28-16-14-17-28/h23-31H,10-22H2,1-9H3. The van der Waals surface area contributed by atoms with Crippen LogP contribution in [-0.2, 0) is 0 Å². The van der Waals surface area contributed by atoms with Crippen molar-refractivity contribution in [1.29, 1.82) is 0 Å². The minimum Gasteiger partial charge on any atom is -0.0654 e. The fraction of sp³-hybridized carbons (Fsp3) is 1.00. The molecule has 0 aromatic heterocycles. The van der Waals surface area contributed by atoms with Gasteiger partial charge in [-0.05, 0) is 102 Å². The van der Waals surface area contributed by atoms with Gasteiger partial charge in [-0.3, -0.25) is 0 Å². The zero-order chi connectivity index (χ0) is 24.9. The van der Waals surface area contributed by atoms with Crippen molar-refractivity contribution < 1.29 is 0 Å². The molecule has 4 aliphatic rings. The molecule has 198 valence electrons. The molecule has 4 saturated carbocycles. The molecule has 11 unspecified atom stereocenters. The van der Waals surface area contributed by atoms with Crippen LogP contribution >= 0.6 is 0 Å². The summed E-state index contributed by atoms with van der Waals surface area (Å²) in [6.07, 6.45) is 19.2. The van der Waals surface area contributed by atoms with Crippen LogP contribution in [0.5, 0.6) is 0 Å². The van der Waals surface area contributed by atoms with Crippen molar-refractivity contribution in [2.24, 2.45) is 69.5 Å². The molecule has 0 radical (unpaired) electrons. The second-order valence-corrected chi connectivity index (χ2v) is 14.8. The smallest absolute Gasteiger partial charge is 0.0176 e. The van der Waals surface area contributed by atoms with Crippen LogP contribution < -0.4 is 0 Å². The van der Waals surface area contributed by atoms with Gasteiger partial charge in [0.1, 0.15) is 0 Å². The Morgan fingerprint density at radius 1 is 0.882 bits per heavy atom. The molecule has 0 aromatic rings. The summed E-state index contributed by atoms with van der Waals surface area (Å²) in [6.45, 7) is 23.9. The molecule has 34 heavy (non-hydrogen) atoms. The van der Waals surface area contributed by atoms with Gasteiger partial charge in [-0.1, -0.05) is 114 Å². The Balaban J connectivity index is 1.83. The number of hydrogen-bond acceptors (Lipinski definition) is 0. The minimum atomic E-state index is 0.504. The molecule has 0 saturated heterocycles. The van der Waals surface area contributed by atoms with Crippen molar-refractivity contribution in [2.45, 2.75) is 146 Å². The van der Waals surface area contributed by atoms with Gasteiger partial charge in [-0.25, -0.2) is 0 Å². The van der Waals surface area contributed by atoms with Crippen LogP contribution in [0.25, 0.3) is 0 Å². The number of fused-ring (bicyclic) bond motifs is 1. The maximum atomic E-state index is 2.88. The maximum Gasteiger partial charge on any atom is -0.0176 e. The van der Waals surface area contributed by atoms with E-state index in [9.17, 15) is 0 Å². The molecule has 0 amide bonds. The molecule has 11 atom stereocenters. The molecule has 4 fully saturated rings. The Morgan fingerprint density at radius 2 is 1.59 bits per heavy atom. The summed E-state index contributed by atoms with van der Waals surface area (Å²) >= 11 is 0. The van der Waals surface area contributed by atoms with Crippen molar-refractivity contribution in [3.63, 3.8) is 0 Å². The van der Waals surface area contributed by atoms with Crippen molar-refractivity contribution in [3.8, 4) is 0 Å². The number of rotatable bonds is 8. The van der Waals surface area contributed by atoms with E-state index in [1.165, 1.54) is 64.2 Å². The fourth-order valence-corrected chi connectivity index (χ4v) is 11.7. The lowest BCUT2D eigenvalue weighted by atomic mass is 9.25. The summed E-state index contributed by atoms with van der Waals surface area (Å²) < 4.78 is 0. The van der Waals surface area contributed by atoms with E-state index in [0.717, 1.165) is 53.3 Å². The Morgan fingerprint density at radius 3 is 2.12 bits per heavy atom. The summed E-state index contributed by atoms with van der Waals surface area (Å²) in [4.78, 5) is 0. The van der Waals surface area contributed by atoms with Gasteiger partial charge in [-0.2, -0.15) is 0 Å². The third-order valence-electron chi connectivity index (χ3n) is 14.3. The van der Waals surface area contributed by atoms with Gasteiger partial charge in [0.25, 0.3) is 0 Å². The summed E-state index contributed by atoms with van der Waals surface area (Å²) in [5.41, 5.74) is 1.56. The second-order valence-electron chi connectivity index (χ2n) is 14.8. The van der Waals surface area contributed by atoms with Gasteiger partial charge in [0, 0.05) is 0 Å². The summed E-state index contributed by atoms with van der Waals surface area (Å²) in [5, 5.41) is 0. The predicted molar refractivity (Wildman–Crippen MR) is 150 cm³/mol. The monoisotopic (exact) mass is 470 g/mol. The van der Waals surface area contributed by atoms with Crippen molar-refractivity contribution >= 4 is 0 Å². The van der Waals surface area contributed by atoms with E-state index in [-0.39, 0.29) is 0 Å². The maximum absolute atomic E-state index is 2.88. The largest absolute Gasteiger partial charge is 0.0654 e. The van der Waals surface area contributed by atoms with E-state index >= 15 is 0 Å². The van der Waals surface area contributed by atoms with Gasteiger partial charge in [0.15, 0.2) is 0 Å². The first-order chi connectivity index (χ1) is 16.1. The Hall–Kier alpha value is 0. The topological polar surface area (TPSA) is 0 Å². The van der Waals surface area contributed by atoms with Crippen molar-refractivity contribution in [3.05, 3.63) is 0 Å². The highest BCUT2D eigenvalue weighted by molar-refractivity contribution is 5.23. The normalized spacial score (nSPS) is 50.6. The summed E-state index contributed by atoms with van der Waals surface area (Å²) in [5.74, 6) is 8.58. The molecule has 0 nitrogen and oxygen atoms in total. The van der Waals surface area contributed by atoms with Gasteiger partial charge >= 0.3 is 0 Å². The Kier molecular flexibility index (Phi) is 7.99. The van der Waals surface area contributed by atoms with Crippen LogP contribution in [0, 0.1) is 69.5 Å². The minimum absolute atomic E-state index is 0.504. The van der Waals surface area contributed by atoms with E-state index in [4.69, 9.17) is 0 Å². The van der Waals surface area contributed by atoms with Gasteiger partial charge in [-0.15, -0.1) is 0 Å². The molecule has 4 rings (SSSR count). The Labute approximate surface area is 215 Å². The predicted octanol–water partition coefficient (Wildman–Crippen LogP) is 10.8. The summed E-state index contributed by atoms with van der Waals surface area (Å²) in [6, 6.07) is 0. The van der Waals surface area contributed by atoms with Crippen LogP contribution in [0.15, 0.2) is 0 Å². The molecule has 0 bridgehead atoms. The highest BCUT2D eigenvalue weighted by atomic mass is 14.8. The molecule has 4 aliphatic carbocycles. The average molecular weight is 471 g/mol. The first kappa shape index (κ1) is 27.0. The van der Waals surface area contributed by atoms with Gasteiger partial charge in [0.2, 0.25) is 0 Å². The van der Waals surface area contributed by atoms with Crippen LogP contribution in [0.4, 0.5) is 0 Å². The lowest BCUT2D eigenvalue weighted by molar-refractivity contribution is -0.313. The Bertz CT molecular complexity index is 676. The number of unbranched alkanes of at least 4 members (excludes halogenated alkanes) is 1. The van der Waals surface area contributed by atoms with Crippen molar-refractivity contribution in [1.82, 2.24) is 0 Å². The number of hydrogen-bond donors (Lipinski definition) is 0. The molecule has 0 aromatic carbocycles. The molecule has 0 heterocycles. The lowest BCUT2D eigenvalue weighted by Gasteiger charge is -2.79. The third-order valence-corrected chi connectivity index (χ3v) is 14.3. The SMILES string of the molecule is CCCCC1CCC2(C)C(C)C(CC)C2(C)C(C(C)CC)(C2C(C)CC2C2CCC2)CCC1C. The highest BCUT2D eigenvalue weighted by Crippen LogP contribution is 2.81. The van der Waals surface area contributed by atoms with E-state index in [1.54, 1.807) is 19.3 Å². The summed E-state index contributed by atoms with van der Waals surface area (Å²) in [7, 11) is 0. The van der Waals surface area contributed by atoms with Crippen molar-refractivity contribution in [2.75, 3.05) is 0 Å². The lowest BCUT2D eigenvalue weighted by Crippen LogP contribution is -2.73. The third kappa shape index (κ3) is 3.63. The fourth-order valence-electron chi connectivity index (χ4n) is 11.7. The van der Waals surface area contributed by atoms with Crippen LogP contribution in [-0.4, -0.2) is 0 Å². The molecular weight excluding hydrogens is 408 g/mol. The highest BCUT2D eigenvalue weighted by Gasteiger charge is 2.75. The zero-order valence-electron chi connectivity index (χ0n) is 24.9. The molecule has 0 N–H and O–H groups in total. The van der Waals surface area contributed by atoms with E-state index in [0.29, 0.717) is 16.2 Å². The molecule has 0 heteroatoms. The molecule has 0 aliphatic heterocycles.